The highest BCUT2D eigenvalue weighted by Gasteiger charge is 2.11. The van der Waals surface area contributed by atoms with Crippen LogP contribution in [0.5, 0.6) is 5.75 Å². The normalized spacial score (nSPS) is 10.3. The lowest BCUT2D eigenvalue weighted by atomic mass is 10.3. The topological polar surface area (TPSA) is 50.8 Å². The first-order valence-electron chi connectivity index (χ1n) is 5.49. The number of hydrogen-bond donors (Lipinski definition) is 1. The third-order valence-electron chi connectivity index (χ3n) is 2.11. The number of halogens is 1. The van der Waals surface area contributed by atoms with Crippen molar-refractivity contribution in [1.29, 1.82) is 0 Å². The fraction of sp³-hybridized carbons (Fsp3) is 0.417. The van der Waals surface area contributed by atoms with Crippen LogP contribution < -0.4 is 10.1 Å². The molecule has 18 heavy (non-hydrogen) atoms. The van der Waals surface area contributed by atoms with E-state index in [1.54, 1.807) is 6.07 Å². The van der Waals surface area contributed by atoms with Crippen molar-refractivity contribution in [2.45, 2.75) is 20.0 Å². The molecule has 100 valence electrons. The number of nitrogens with zero attached hydrogens (tertiary/aromatic N) is 1. The molecule has 0 aliphatic rings. The van der Waals surface area contributed by atoms with Crippen LogP contribution in [0.3, 0.4) is 0 Å². The number of benzene rings is 1. The van der Waals surface area contributed by atoms with Gasteiger partial charge in [0, 0.05) is 18.8 Å². The summed E-state index contributed by atoms with van der Waals surface area (Å²) in [6.45, 7) is 3.62. The lowest BCUT2D eigenvalue weighted by Crippen LogP contribution is -2.30. The minimum Gasteiger partial charge on any atom is -0.488 e. The van der Waals surface area contributed by atoms with Gasteiger partial charge in [0.1, 0.15) is 0 Å². The Kier molecular flexibility index (Phi) is 4.91. The van der Waals surface area contributed by atoms with E-state index < -0.39 is 11.8 Å². The summed E-state index contributed by atoms with van der Waals surface area (Å²) in [6, 6.07) is 3.73. The first-order valence-corrected chi connectivity index (χ1v) is 5.49. The molecular weight excluding hydrogens is 239 g/mol. The Morgan fingerprint density at radius 1 is 1.44 bits per heavy atom. The van der Waals surface area contributed by atoms with Crippen LogP contribution in [0, 0.1) is 5.82 Å². The van der Waals surface area contributed by atoms with Crippen molar-refractivity contribution in [3.63, 3.8) is 0 Å². The van der Waals surface area contributed by atoms with Crippen LogP contribution >= 0.6 is 0 Å². The molecule has 0 atom stereocenters. The van der Waals surface area contributed by atoms with Gasteiger partial charge < -0.3 is 10.1 Å². The number of hydrogen-bond acceptors (Lipinski definition) is 3. The minimum atomic E-state index is -0.526. The summed E-state index contributed by atoms with van der Waals surface area (Å²) in [5, 5.41) is 3.48. The Bertz CT molecular complexity index is 424. The van der Waals surface area contributed by atoms with Crippen LogP contribution in [0.1, 0.15) is 13.8 Å². The molecule has 2 amide bonds. The zero-order chi connectivity index (χ0) is 13.7. The van der Waals surface area contributed by atoms with Gasteiger partial charge in [-0.1, -0.05) is 0 Å². The first kappa shape index (κ1) is 14.2. The van der Waals surface area contributed by atoms with E-state index in [0.29, 0.717) is 5.69 Å². The van der Waals surface area contributed by atoms with Crippen LogP contribution in [0.25, 0.3) is 0 Å². The third kappa shape index (κ3) is 3.89. The fourth-order valence-electron chi connectivity index (χ4n) is 1.21. The number of hydroxylamine groups is 2. The second-order valence-electron chi connectivity index (χ2n) is 3.92. The summed E-state index contributed by atoms with van der Waals surface area (Å²) in [4.78, 5) is 16.1. The number of anilines is 1. The number of urea groups is 1. The number of nitrogens with one attached hydrogen (secondary N) is 1. The third-order valence-corrected chi connectivity index (χ3v) is 2.11. The Morgan fingerprint density at radius 2 is 2.11 bits per heavy atom. The Hall–Kier alpha value is -1.82. The van der Waals surface area contributed by atoms with Gasteiger partial charge in [-0.3, -0.25) is 4.84 Å². The molecule has 0 saturated heterocycles. The van der Waals surface area contributed by atoms with E-state index in [1.807, 2.05) is 13.8 Å². The molecule has 1 aromatic carbocycles. The van der Waals surface area contributed by atoms with Gasteiger partial charge in [-0.25, -0.2) is 14.2 Å². The van der Waals surface area contributed by atoms with Crippen molar-refractivity contribution in [3.05, 3.63) is 24.0 Å². The average Bonchev–Trinajstić information content (AvgIpc) is 2.31. The van der Waals surface area contributed by atoms with E-state index >= 15 is 0 Å². The van der Waals surface area contributed by atoms with Gasteiger partial charge in [-0.2, -0.15) is 0 Å². The monoisotopic (exact) mass is 256 g/mol. The summed E-state index contributed by atoms with van der Waals surface area (Å²) in [5.41, 5.74) is 0.331. The zero-order valence-electron chi connectivity index (χ0n) is 10.9. The van der Waals surface area contributed by atoms with E-state index in [9.17, 15) is 9.18 Å². The molecule has 0 heterocycles. The highest BCUT2D eigenvalue weighted by atomic mass is 19.1. The molecule has 0 aliphatic carbocycles. The van der Waals surface area contributed by atoms with Crippen LogP contribution in [0.4, 0.5) is 14.9 Å². The average molecular weight is 256 g/mol. The summed E-state index contributed by atoms with van der Waals surface area (Å²) in [7, 11) is 2.81. The van der Waals surface area contributed by atoms with Gasteiger partial charge in [0.15, 0.2) is 11.6 Å². The van der Waals surface area contributed by atoms with Crippen LogP contribution in [-0.2, 0) is 4.84 Å². The molecule has 1 rings (SSSR count). The van der Waals surface area contributed by atoms with Gasteiger partial charge in [0.25, 0.3) is 0 Å². The van der Waals surface area contributed by atoms with Gasteiger partial charge in [-0.05, 0) is 26.0 Å². The molecule has 0 spiro atoms. The van der Waals surface area contributed by atoms with Crippen LogP contribution in [0.2, 0.25) is 0 Å². The lowest BCUT2D eigenvalue weighted by molar-refractivity contribution is -0.0598. The molecule has 0 saturated carbocycles. The summed E-state index contributed by atoms with van der Waals surface area (Å²) in [6.07, 6.45) is -0.112. The van der Waals surface area contributed by atoms with Crippen LogP contribution in [-0.4, -0.2) is 31.4 Å². The molecule has 0 aliphatic heterocycles. The maximum atomic E-state index is 13.6. The highest BCUT2D eigenvalue weighted by molar-refractivity contribution is 5.88. The Morgan fingerprint density at radius 3 is 2.61 bits per heavy atom. The largest absolute Gasteiger partial charge is 0.488 e. The van der Waals surface area contributed by atoms with Gasteiger partial charge in [-0.15, -0.1) is 0 Å². The van der Waals surface area contributed by atoms with Gasteiger partial charge in [0.2, 0.25) is 0 Å². The fourth-order valence-corrected chi connectivity index (χ4v) is 1.21. The number of amides is 2. The molecule has 6 heteroatoms. The standard InChI is InChI=1S/C12H17FN2O3/c1-8(2)18-11-6-5-9(7-10(11)13)14-12(16)15(3)17-4/h5-8H,1-4H3,(H,14,16). The zero-order valence-corrected chi connectivity index (χ0v) is 10.9. The molecule has 5 nitrogen and oxygen atoms in total. The van der Waals surface area contributed by atoms with Crippen molar-refractivity contribution >= 4 is 11.7 Å². The molecule has 0 fully saturated rings. The quantitative estimate of drug-likeness (QED) is 0.842. The second-order valence-corrected chi connectivity index (χ2v) is 3.92. The van der Waals surface area contributed by atoms with E-state index in [1.165, 1.54) is 26.3 Å². The molecule has 0 unspecified atom stereocenters. The van der Waals surface area contributed by atoms with E-state index in [2.05, 4.69) is 5.32 Å². The molecule has 1 aromatic rings. The lowest BCUT2D eigenvalue weighted by Gasteiger charge is -2.15. The smallest absolute Gasteiger partial charge is 0.345 e. The van der Waals surface area contributed by atoms with Crippen molar-refractivity contribution < 1.29 is 18.8 Å². The predicted molar refractivity (Wildman–Crippen MR) is 66.0 cm³/mol. The first-order chi connectivity index (χ1) is 8.43. The maximum absolute atomic E-state index is 13.6. The Labute approximate surface area is 105 Å². The summed E-state index contributed by atoms with van der Waals surface area (Å²) < 4.78 is 18.9. The van der Waals surface area contributed by atoms with Gasteiger partial charge in [0.05, 0.1) is 13.2 Å². The molecular formula is C12H17FN2O3. The number of carbonyl (C=O) groups is 1. The van der Waals surface area contributed by atoms with Crippen molar-refractivity contribution in [3.8, 4) is 5.75 Å². The van der Waals surface area contributed by atoms with E-state index in [4.69, 9.17) is 9.57 Å². The number of rotatable bonds is 4. The van der Waals surface area contributed by atoms with Crippen molar-refractivity contribution in [2.24, 2.45) is 0 Å². The Balaban J connectivity index is 2.75. The maximum Gasteiger partial charge on any atom is 0.345 e. The number of carbonyl (C=O) groups excluding carboxylic acids is 1. The highest BCUT2D eigenvalue weighted by Crippen LogP contribution is 2.22. The SMILES string of the molecule is CON(C)C(=O)Nc1ccc(OC(C)C)c(F)c1. The van der Waals surface area contributed by atoms with Gasteiger partial charge >= 0.3 is 6.03 Å². The predicted octanol–water partition coefficient (Wildman–Crippen LogP) is 2.64. The summed E-state index contributed by atoms with van der Waals surface area (Å²) in [5.74, 6) is -0.371. The second kappa shape index (κ2) is 6.20. The molecule has 1 N–H and O–H groups in total. The van der Waals surface area contributed by atoms with E-state index in [0.717, 1.165) is 5.06 Å². The van der Waals surface area contributed by atoms with E-state index in [-0.39, 0.29) is 11.9 Å². The minimum absolute atomic E-state index is 0.112. The summed E-state index contributed by atoms with van der Waals surface area (Å²) >= 11 is 0. The van der Waals surface area contributed by atoms with Crippen molar-refractivity contribution in [1.82, 2.24) is 5.06 Å². The molecule has 0 bridgehead atoms. The molecule has 0 radical (unpaired) electrons. The molecule has 0 aromatic heterocycles. The van der Waals surface area contributed by atoms with Crippen molar-refractivity contribution in [2.75, 3.05) is 19.5 Å². The van der Waals surface area contributed by atoms with Crippen LogP contribution in [0.15, 0.2) is 18.2 Å². The number of ether oxygens (including phenoxy) is 1.